The Hall–Kier alpha value is -6.96. The highest BCUT2D eigenvalue weighted by molar-refractivity contribution is 7.35. The van der Waals surface area contributed by atoms with Crippen LogP contribution < -0.4 is 50.4 Å². The molecule has 0 aliphatic rings. The molecule has 0 aliphatic carbocycles. The number of aliphatic hydroxyl groups is 3. The lowest BCUT2D eigenvalue weighted by Gasteiger charge is -2.43. The number of carbonyl (C=O) groups is 2. The van der Waals surface area contributed by atoms with E-state index < -0.39 is 24.0 Å². The first-order chi connectivity index (χ1) is 45.2. The topological polar surface area (TPSA) is 138 Å². The van der Waals surface area contributed by atoms with Gasteiger partial charge in [-0.1, -0.05) is 251 Å². The Balaban J connectivity index is 0.000000290. The van der Waals surface area contributed by atoms with E-state index in [-0.39, 0.29) is 34.9 Å². The number of nitrogens with zero attached hydrogens (tertiary/aromatic N) is 2. The molecule has 8 aromatic carbocycles. The lowest BCUT2D eigenvalue weighted by atomic mass is 10.1. The highest BCUT2D eigenvalue weighted by Gasteiger charge is 2.51. The standard InChI is InChI=1S/C48H61NO4Si2.C16H19ClSi.C15H23NO5/c1-8-33-49(34-37-53-55(48(5,6)7,44-27-17-11-18-28-44)45-29-19-12-20-30-45)41-32-31-40(39-50)46(38-41)51-35-21-22-36-52-54(47(2,3)4,42-23-13-9-14-24-42)43-25-15-10-16-26-43;1-16(2,3)18(17,14-10-6-4-7-11-14)15-12-8-5-9-13-15;17-7-1-2-10-21-15-11-14(4-3-13(15)12-20)16(5-8-18)6-9-19/h9-20,23-32,38-39H,8,21-22,33-37H2,1-7H3;4-13H,1-3H3;3-4,11-12,17-19H,1-2,5-10H2. The zero-order valence-corrected chi connectivity index (χ0v) is 61.1. The maximum absolute atomic E-state index is 12.2. The Morgan fingerprint density at radius 3 is 1.01 bits per heavy atom. The number of carbonyl (C=O) groups excluding carboxylic acids is 2. The third-order valence-corrected chi connectivity index (χ3v) is 34.4. The molecule has 0 amide bonds. The molecule has 0 saturated heterocycles. The Labute approximate surface area is 569 Å². The van der Waals surface area contributed by atoms with Gasteiger partial charge in [0, 0.05) is 62.9 Å². The molecule has 0 atom stereocenters. The average Bonchev–Trinajstić information content (AvgIpc) is 0.764. The molecule has 0 radical (unpaired) electrons. The zero-order chi connectivity index (χ0) is 68.1. The summed E-state index contributed by atoms with van der Waals surface area (Å²) in [6, 6.07) is 75.3. The molecule has 0 bridgehead atoms. The van der Waals surface area contributed by atoms with E-state index in [2.05, 4.69) is 244 Å². The molecule has 0 spiro atoms. The summed E-state index contributed by atoms with van der Waals surface area (Å²) >= 11 is 7.21. The van der Waals surface area contributed by atoms with E-state index in [1.165, 1.54) is 31.1 Å². The van der Waals surface area contributed by atoms with E-state index in [4.69, 9.17) is 44.7 Å². The molecule has 94 heavy (non-hydrogen) atoms. The van der Waals surface area contributed by atoms with Crippen molar-refractivity contribution in [3.63, 3.8) is 0 Å². The first-order valence-corrected chi connectivity index (χ1v) is 40.1. The van der Waals surface area contributed by atoms with Gasteiger partial charge in [0.05, 0.1) is 44.2 Å². The Kier molecular flexibility index (Phi) is 30.2. The van der Waals surface area contributed by atoms with Crippen molar-refractivity contribution in [3.05, 3.63) is 230 Å². The van der Waals surface area contributed by atoms with Crippen LogP contribution in [0.2, 0.25) is 15.1 Å². The maximum Gasteiger partial charge on any atom is 0.261 e. The van der Waals surface area contributed by atoms with E-state index in [1.807, 2.05) is 35.2 Å². The molecule has 0 heterocycles. The second-order valence-corrected chi connectivity index (χ2v) is 40.9. The van der Waals surface area contributed by atoms with Gasteiger partial charge >= 0.3 is 0 Å². The number of hydrogen-bond acceptors (Lipinski definition) is 11. The maximum atomic E-state index is 12.2. The number of unbranched alkanes of at least 4 members (excludes halogenated alkanes) is 2. The van der Waals surface area contributed by atoms with Crippen molar-refractivity contribution in [1.82, 2.24) is 0 Å². The molecule has 11 nitrogen and oxygen atoms in total. The summed E-state index contributed by atoms with van der Waals surface area (Å²) in [4.78, 5) is 27.4. The molecular weight excluding hydrogens is 1240 g/mol. The van der Waals surface area contributed by atoms with Gasteiger partial charge in [0.25, 0.3) is 16.6 Å². The predicted molar refractivity (Wildman–Crippen MR) is 400 cm³/mol. The Morgan fingerprint density at radius 1 is 0.383 bits per heavy atom. The van der Waals surface area contributed by atoms with Crippen molar-refractivity contribution in [2.75, 3.05) is 82.2 Å². The smallest absolute Gasteiger partial charge is 0.261 e. The fourth-order valence-corrected chi connectivity index (χ4v) is 25.6. The van der Waals surface area contributed by atoms with Gasteiger partial charge < -0.3 is 43.4 Å². The van der Waals surface area contributed by atoms with Gasteiger partial charge in [0.1, 0.15) is 11.5 Å². The molecule has 3 N–H and O–H groups in total. The summed E-state index contributed by atoms with van der Waals surface area (Å²) in [5.41, 5.74) is 2.83. The number of benzene rings is 8. The Bertz CT molecular complexity index is 3320. The molecule has 0 saturated carbocycles. The largest absolute Gasteiger partial charge is 0.493 e. The van der Waals surface area contributed by atoms with Gasteiger partial charge in [0.15, 0.2) is 12.6 Å². The minimum absolute atomic E-state index is 0.0257. The molecule has 0 aliphatic heterocycles. The number of aldehydes is 2. The minimum atomic E-state index is -2.66. The van der Waals surface area contributed by atoms with E-state index in [0.717, 1.165) is 56.3 Å². The molecule has 502 valence electrons. The van der Waals surface area contributed by atoms with Crippen LogP contribution in [0.5, 0.6) is 11.5 Å². The first kappa shape index (κ1) is 76.1. The number of rotatable bonds is 32. The summed E-state index contributed by atoms with van der Waals surface area (Å²) < 4.78 is 26.3. The van der Waals surface area contributed by atoms with E-state index >= 15 is 0 Å². The number of aliphatic hydroxyl groups excluding tert-OH is 3. The fraction of sp³-hybridized carbons (Fsp3) is 0.367. The third kappa shape index (κ3) is 19.8. The van der Waals surface area contributed by atoms with Crippen LogP contribution in [0.25, 0.3) is 0 Å². The highest BCUT2D eigenvalue weighted by atomic mass is 35.6. The van der Waals surface area contributed by atoms with Crippen molar-refractivity contribution < 1.29 is 43.2 Å². The van der Waals surface area contributed by atoms with Crippen molar-refractivity contribution in [3.8, 4) is 11.5 Å². The third-order valence-electron chi connectivity index (χ3n) is 17.0. The van der Waals surface area contributed by atoms with Gasteiger partial charge in [-0.05, 0) is 103 Å². The summed E-state index contributed by atoms with van der Waals surface area (Å²) in [6.45, 7) is 27.3. The SMILES string of the molecule is CC(C)(C)[Si](Cl)(c1ccccc1)c1ccccc1.CCCN(CCO[Si](c1ccccc1)(c1ccccc1)C(C)(C)C)c1ccc(C=O)c(OCCCCO[Si](c2ccccc2)(c2ccccc2)C(C)(C)C)c1.O=Cc1ccc(N(CCO)CCO)cc1OCCCCO. The number of hydrogen-bond donors (Lipinski definition) is 3. The second-order valence-electron chi connectivity index (χ2n) is 26.6. The van der Waals surface area contributed by atoms with E-state index in [1.54, 1.807) is 18.2 Å². The highest BCUT2D eigenvalue weighted by Crippen LogP contribution is 2.40. The monoisotopic (exact) mass is 1340 g/mol. The van der Waals surface area contributed by atoms with Crippen LogP contribution in [-0.4, -0.2) is 124 Å². The summed E-state index contributed by atoms with van der Waals surface area (Å²) in [7, 11) is -7.48. The molecule has 0 unspecified atom stereocenters. The van der Waals surface area contributed by atoms with Crippen molar-refractivity contribution in [1.29, 1.82) is 0 Å². The van der Waals surface area contributed by atoms with Crippen LogP contribution >= 0.6 is 11.1 Å². The first-order valence-electron chi connectivity index (χ1n) is 33.3. The van der Waals surface area contributed by atoms with Crippen LogP contribution in [-0.2, 0) is 8.85 Å². The summed E-state index contributed by atoms with van der Waals surface area (Å²) in [5.74, 6) is 1.09. The lowest BCUT2D eigenvalue weighted by molar-refractivity contribution is 0.111. The van der Waals surface area contributed by atoms with E-state index in [9.17, 15) is 9.59 Å². The Morgan fingerprint density at radius 2 is 0.702 bits per heavy atom. The molecule has 15 heteroatoms. The minimum Gasteiger partial charge on any atom is -0.493 e. The van der Waals surface area contributed by atoms with Crippen molar-refractivity contribution in [2.24, 2.45) is 0 Å². The van der Waals surface area contributed by atoms with Gasteiger partial charge in [-0.2, -0.15) is 11.1 Å². The molecule has 0 fully saturated rings. The zero-order valence-electron chi connectivity index (χ0n) is 57.3. The van der Waals surface area contributed by atoms with Gasteiger partial charge in [-0.25, -0.2) is 0 Å². The van der Waals surface area contributed by atoms with Crippen LogP contribution in [0.3, 0.4) is 0 Å². The fourth-order valence-electron chi connectivity index (χ4n) is 12.3. The number of halogens is 1. The van der Waals surface area contributed by atoms with Gasteiger partial charge in [0.2, 0.25) is 7.38 Å². The predicted octanol–water partition coefficient (Wildman–Crippen LogP) is 13.3. The second kappa shape index (κ2) is 37.4. The van der Waals surface area contributed by atoms with Gasteiger partial charge in [-0.15, -0.1) is 0 Å². The van der Waals surface area contributed by atoms with Crippen LogP contribution in [0.4, 0.5) is 11.4 Å². The van der Waals surface area contributed by atoms with Crippen LogP contribution in [0, 0.1) is 0 Å². The van der Waals surface area contributed by atoms with Crippen LogP contribution in [0.15, 0.2) is 218 Å². The molecule has 8 rings (SSSR count). The van der Waals surface area contributed by atoms with Crippen molar-refractivity contribution >= 4 is 90.2 Å². The average molecular weight is 1340 g/mol. The molecular formula is C79H103ClN2O9Si3. The van der Waals surface area contributed by atoms with Crippen molar-refractivity contribution in [2.45, 2.75) is 116 Å². The van der Waals surface area contributed by atoms with Crippen LogP contribution in [0.1, 0.15) is 122 Å². The normalized spacial score (nSPS) is 11.9. The molecule has 0 aromatic heterocycles. The number of ether oxygens (including phenoxy) is 2. The van der Waals surface area contributed by atoms with E-state index in [0.29, 0.717) is 75.0 Å². The lowest BCUT2D eigenvalue weighted by Crippen LogP contribution is -2.67. The number of anilines is 2. The molecule has 8 aromatic rings. The summed E-state index contributed by atoms with van der Waals surface area (Å²) in [6.07, 6.45) is 5.62. The quantitative estimate of drug-likeness (QED) is 0.0161. The van der Waals surface area contributed by atoms with Gasteiger partial charge in [-0.3, -0.25) is 9.59 Å². The summed E-state index contributed by atoms with van der Waals surface area (Å²) in [5, 5.41) is 34.4.